The van der Waals surface area contributed by atoms with Crippen molar-refractivity contribution in [1.82, 2.24) is 10.1 Å². The Hall–Kier alpha value is -1.88. The molecule has 1 unspecified atom stereocenters. The van der Waals surface area contributed by atoms with Crippen molar-refractivity contribution < 1.29 is 9.32 Å². The van der Waals surface area contributed by atoms with Gasteiger partial charge in [-0.3, -0.25) is 4.79 Å². The maximum absolute atomic E-state index is 12.3. The third-order valence-electron chi connectivity index (χ3n) is 3.80. The summed E-state index contributed by atoms with van der Waals surface area (Å²) in [5, 5.41) is 4.56. The third-order valence-corrected chi connectivity index (χ3v) is 4.21. The van der Waals surface area contributed by atoms with Crippen molar-refractivity contribution >= 4 is 23.2 Å². The first-order valence-electron chi connectivity index (χ1n) is 6.98. The Morgan fingerprint density at radius 2 is 2.29 bits per heavy atom. The Morgan fingerprint density at radius 1 is 1.48 bits per heavy atom. The molecule has 2 heterocycles. The van der Waals surface area contributed by atoms with Gasteiger partial charge in [0.25, 0.3) is 0 Å². The van der Waals surface area contributed by atoms with E-state index in [1.807, 2.05) is 32.0 Å². The van der Waals surface area contributed by atoms with Gasteiger partial charge in [0, 0.05) is 30.1 Å². The number of benzene rings is 1. The Kier molecular flexibility index (Phi) is 3.68. The van der Waals surface area contributed by atoms with E-state index in [0.717, 1.165) is 17.7 Å². The van der Waals surface area contributed by atoms with Crippen LogP contribution in [0.3, 0.4) is 0 Å². The lowest BCUT2D eigenvalue weighted by Gasteiger charge is -2.19. The van der Waals surface area contributed by atoms with Crippen molar-refractivity contribution in [2.45, 2.75) is 32.6 Å². The summed E-state index contributed by atoms with van der Waals surface area (Å²) >= 11 is 6.14. The van der Waals surface area contributed by atoms with Crippen LogP contribution < -0.4 is 4.90 Å². The lowest BCUT2D eigenvalue weighted by atomic mass is 10.1. The zero-order chi connectivity index (χ0) is 15.0. The average Bonchev–Trinajstić information content (AvgIpc) is 3.08. The number of hydrogen-bond donors (Lipinski definition) is 0. The van der Waals surface area contributed by atoms with Gasteiger partial charge in [-0.1, -0.05) is 29.7 Å². The summed E-state index contributed by atoms with van der Waals surface area (Å²) < 4.78 is 5.26. The van der Waals surface area contributed by atoms with Crippen molar-refractivity contribution in [2.75, 3.05) is 11.4 Å². The molecule has 0 bridgehead atoms. The molecular weight excluding hydrogens is 290 g/mol. The average molecular weight is 306 g/mol. The highest BCUT2D eigenvalue weighted by Crippen LogP contribution is 2.34. The summed E-state index contributed by atoms with van der Waals surface area (Å²) in [5.74, 6) is 1.22. The van der Waals surface area contributed by atoms with Crippen molar-refractivity contribution in [3.05, 3.63) is 40.5 Å². The van der Waals surface area contributed by atoms with E-state index in [4.69, 9.17) is 16.1 Å². The molecule has 1 aromatic heterocycles. The van der Waals surface area contributed by atoms with Crippen LogP contribution in [0.25, 0.3) is 0 Å². The summed E-state index contributed by atoms with van der Waals surface area (Å²) in [6, 6.07) is 5.59. The molecule has 110 valence electrons. The van der Waals surface area contributed by atoms with Gasteiger partial charge in [-0.15, -0.1) is 0 Å². The van der Waals surface area contributed by atoms with E-state index in [2.05, 4.69) is 10.1 Å². The van der Waals surface area contributed by atoms with E-state index in [1.165, 1.54) is 0 Å². The number of aromatic nitrogens is 2. The third kappa shape index (κ3) is 2.53. The molecule has 1 atom stereocenters. The molecule has 1 aliphatic rings. The number of halogens is 1. The van der Waals surface area contributed by atoms with E-state index in [-0.39, 0.29) is 11.8 Å². The molecule has 0 N–H and O–H groups in total. The molecule has 0 saturated carbocycles. The van der Waals surface area contributed by atoms with Gasteiger partial charge >= 0.3 is 0 Å². The molecule has 1 amide bonds. The molecule has 0 spiro atoms. The zero-order valence-corrected chi connectivity index (χ0v) is 12.7. The highest BCUT2D eigenvalue weighted by Gasteiger charge is 2.35. The second-order valence-corrected chi connectivity index (χ2v) is 5.60. The monoisotopic (exact) mass is 305 g/mol. The first kappa shape index (κ1) is 14.1. The van der Waals surface area contributed by atoms with Crippen molar-refractivity contribution in [1.29, 1.82) is 0 Å². The van der Waals surface area contributed by atoms with Crippen molar-refractivity contribution in [3.8, 4) is 0 Å². The van der Waals surface area contributed by atoms with Gasteiger partial charge in [0.1, 0.15) is 0 Å². The minimum Gasteiger partial charge on any atom is -0.339 e. The number of anilines is 1. The van der Waals surface area contributed by atoms with Crippen LogP contribution in [-0.4, -0.2) is 22.6 Å². The van der Waals surface area contributed by atoms with Crippen molar-refractivity contribution in [3.63, 3.8) is 0 Å². The summed E-state index contributed by atoms with van der Waals surface area (Å²) in [6.07, 6.45) is 1.11. The van der Waals surface area contributed by atoms with Crippen LogP contribution in [-0.2, 0) is 11.2 Å². The van der Waals surface area contributed by atoms with Gasteiger partial charge in [-0.05, 0) is 24.6 Å². The second-order valence-electron chi connectivity index (χ2n) is 5.19. The van der Waals surface area contributed by atoms with Gasteiger partial charge < -0.3 is 9.42 Å². The number of carbonyl (C=O) groups excluding carboxylic acids is 1. The van der Waals surface area contributed by atoms with E-state index in [1.54, 1.807) is 4.90 Å². The molecule has 1 aliphatic heterocycles. The maximum atomic E-state index is 12.3. The van der Waals surface area contributed by atoms with E-state index >= 15 is 0 Å². The van der Waals surface area contributed by atoms with Gasteiger partial charge in [0.05, 0.1) is 5.92 Å². The number of carbonyl (C=O) groups is 1. The fourth-order valence-electron chi connectivity index (χ4n) is 2.57. The number of amides is 1. The Bertz CT molecular complexity index is 683. The topological polar surface area (TPSA) is 59.2 Å². The Morgan fingerprint density at radius 3 is 3.00 bits per heavy atom. The highest BCUT2D eigenvalue weighted by molar-refractivity contribution is 6.31. The second kappa shape index (κ2) is 5.48. The number of rotatable bonds is 3. The first-order valence-corrected chi connectivity index (χ1v) is 7.36. The predicted octanol–water partition coefficient (Wildman–Crippen LogP) is 3.11. The molecule has 1 saturated heterocycles. The van der Waals surface area contributed by atoms with Gasteiger partial charge in [-0.2, -0.15) is 4.98 Å². The Balaban J connectivity index is 1.86. The van der Waals surface area contributed by atoms with Gasteiger partial charge in [-0.25, -0.2) is 0 Å². The molecule has 1 fully saturated rings. The van der Waals surface area contributed by atoms with Crippen LogP contribution in [0.1, 0.15) is 36.5 Å². The van der Waals surface area contributed by atoms with E-state index in [9.17, 15) is 4.79 Å². The van der Waals surface area contributed by atoms with Gasteiger partial charge in [0.15, 0.2) is 5.82 Å². The van der Waals surface area contributed by atoms with Crippen LogP contribution in [0.5, 0.6) is 0 Å². The predicted molar refractivity (Wildman–Crippen MR) is 79.6 cm³/mol. The largest absolute Gasteiger partial charge is 0.339 e. The van der Waals surface area contributed by atoms with Crippen LogP contribution in [0.2, 0.25) is 5.02 Å². The molecule has 1 aromatic carbocycles. The molecule has 6 heteroatoms. The highest BCUT2D eigenvalue weighted by atomic mass is 35.5. The quantitative estimate of drug-likeness (QED) is 0.874. The molecular formula is C15H16ClN3O2. The lowest BCUT2D eigenvalue weighted by molar-refractivity contribution is -0.117. The van der Waals surface area contributed by atoms with E-state index < -0.39 is 0 Å². The smallest absolute Gasteiger partial charge is 0.232 e. The zero-order valence-electron chi connectivity index (χ0n) is 12.0. The van der Waals surface area contributed by atoms with Crippen LogP contribution in [0.15, 0.2) is 22.7 Å². The summed E-state index contributed by atoms with van der Waals surface area (Å²) in [6.45, 7) is 4.43. The van der Waals surface area contributed by atoms with Crippen molar-refractivity contribution in [2.24, 2.45) is 0 Å². The number of nitrogens with zero attached hydrogens (tertiary/aromatic N) is 3. The number of hydrogen-bond acceptors (Lipinski definition) is 4. The van der Waals surface area contributed by atoms with Crippen LogP contribution in [0.4, 0.5) is 5.69 Å². The standard InChI is InChI=1S/C15H16ClN3O2/c1-3-13-17-15(21-18-13)10-7-14(20)19(8-10)12-6-4-5-11(16)9(12)2/h4-6,10H,3,7-8H2,1-2H3. The fourth-order valence-corrected chi connectivity index (χ4v) is 2.74. The maximum Gasteiger partial charge on any atom is 0.232 e. The normalized spacial score (nSPS) is 18.5. The summed E-state index contributed by atoms with van der Waals surface area (Å²) in [5.41, 5.74) is 1.76. The fraction of sp³-hybridized carbons (Fsp3) is 0.400. The summed E-state index contributed by atoms with van der Waals surface area (Å²) in [7, 11) is 0. The molecule has 0 radical (unpaired) electrons. The minimum atomic E-state index is -0.0521. The van der Waals surface area contributed by atoms with E-state index in [0.29, 0.717) is 29.7 Å². The molecule has 0 aliphatic carbocycles. The molecule has 5 nitrogen and oxygen atoms in total. The molecule has 21 heavy (non-hydrogen) atoms. The molecule has 3 rings (SSSR count). The number of aryl methyl sites for hydroxylation is 1. The lowest BCUT2D eigenvalue weighted by Crippen LogP contribution is -2.25. The van der Waals surface area contributed by atoms with Crippen LogP contribution >= 0.6 is 11.6 Å². The first-order chi connectivity index (χ1) is 10.1. The summed E-state index contributed by atoms with van der Waals surface area (Å²) in [4.78, 5) is 18.4. The Labute approximate surface area is 127 Å². The SMILES string of the molecule is CCc1noc(C2CC(=O)N(c3cccc(Cl)c3C)C2)n1. The van der Waals surface area contributed by atoms with Gasteiger partial charge in [0.2, 0.25) is 11.8 Å². The molecule has 2 aromatic rings. The van der Waals surface area contributed by atoms with Crippen LogP contribution in [0, 0.1) is 6.92 Å². The minimum absolute atomic E-state index is 0.0521.